The molecule has 0 radical (unpaired) electrons. The molecule has 0 spiro atoms. The van der Waals surface area contributed by atoms with E-state index in [1.54, 1.807) is 0 Å². The van der Waals surface area contributed by atoms with E-state index in [-0.39, 0.29) is 12.8 Å². The predicted molar refractivity (Wildman–Crippen MR) is 143 cm³/mol. The van der Waals surface area contributed by atoms with Gasteiger partial charge in [-0.2, -0.15) is 0 Å². The molecule has 2 aliphatic rings. The summed E-state index contributed by atoms with van der Waals surface area (Å²) in [5.74, 6) is -3.41. The molecule has 2 rings (SSSR count). The van der Waals surface area contributed by atoms with E-state index in [9.17, 15) is 40.2 Å². The summed E-state index contributed by atoms with van der Waals surface area (Å²) < 4.78 is 27.5. The zero-order valence-electron chi connectivity index (χ0n) is 24.3. The van der Waals surface area contributed by atoms with Crippen LogP contribution >= 0.6 is 0 Å². The highest BCUT2D eigenvalue weighted by Gasteiger charge is 2.59. The zero-order valence-corrected chi connectivity index (χ0v) is 24.3. The summed E-state index contributed by atoms with van der Waals surface area (Å²) in [6.45, 7) is 2.28. The lowest BCUT2D eigenvalue weighted by Gasteiger charge is -2.43. The molecular formula is C28H50O13. The van der Waals surface area contributed by atoms with Crippen molar-refractivity contribution in [2.24, 2.45) is 0 Å². The summed E-state index contributed by atoms with van der Waals surface area (Å²) in [6.07, 6.45) is -3.72. The van der Waals surface area contributed by atoms with Crippen LogP contribution in [0.1, 0.15) is 90.9 Å². The van der Waals surface area contributed by atoms with Gasteiger partial charge in [-0.05, 0) is 12.8 Å². The second-order valence-corrected chi connectivity index (χ2v) is 10.9. The van der Waals surface area contributed by atoms with Crippen LogP contribution in [0.2, 0.25) is 0 Å². The van der Waals surface area contributed by atoms with Crippen molar-refractivity contribution in [3.8, 4) is 0 Å². The van der Waals surface area contributed by atoms with Crippen molar-refractivity contribution in [2.45, 2.75) is 146 Å². The van der Waals surface area contributed by atoms with Crippen molar-refractivity contribution < 1.29 is 63.9 Å². The van der Waals surface area contributed by atoms with Crippen molar-refractivity contribution in [1.82, 2.24) is 0 Å². The topological polar surface area (TPSA) is 202 Å². The summed E-state index contributed by atoms with van der Waals surface area (Å²) >= 11 is 0. The highest BCUT2D eigenvalue weighted by atomic mass is 16.8. The Labute approximate surface area is 241 Å². The van der Waals surface area contributed by atoms with Crippen LogP contribution in [-0.2, 0) is 33.3 Å². The molecule has 2 aliphatic heterocycles. The number of aliphatic hydroxyl groups excluding tert-OH is 6. The molecule has 0 unspecified atom stereocenters. The van der Waals surface area contributed by atoms with Gasteiger partial charge < -0.3 is 54.3 Å². The van der Waals surface area contributed by atoms with E-state index < -0.39 is 86.6 Å². The summed E-state index contributed by atoms with van der Waals surface area (Å²) in [5, 5.41) is 62.0. The van der Waals surface area contributed by atoms with Crippen molar-refractivity contribution in [1.29, 1.82) is 0 Å². The van der Waals surface area contributed by atoms with Gasteiger partial charge in [0.1, 0.15) is 55.9 Å². The van der Waals surface area contributed by atoms with E-state index in [2.05, 4.69) is 13.8 Å². The molecule has 0 aromatic carbocycles. The van der Waals surface area contributed by atoms with Crippen LogP contribution in [0, 0.1) is 0 Å². The van der Waals surface area contributed by atoms with E-state index in [1.165, 1.54) is 0 Å². The lowest BCUT2D eigenvalue weighted by molar-refractivity contribution is -0.383. The van der Waals surface area contributed by atoms with Crippen molar-refractivity contribution >= 4 is 11.9 Å². The van der Waals surface area contributed by atoms with E-state index in [4.69, 9.17) is 23.7 Å². The van der Waals surface area contributed by atoms with Gasteiger partial charge in [-0.15, -0.1) is 0 Å². The SMILES string of the molecule is CCCCCCCC(=O)OC[C@H]1O[C@@](COC(=O)CCCCCCC)(O[C@H]2O[C@H](CO)[C@@H](O)[C@H](O)[C@H]2O)[C@@H](O)[C@@H]1O. The lowest BCUT2D eigenvalue weighted by Crippen LogP contribution is -2.62. The number of hydrogen-bond donors (Lipinski definition) is 6. The standard InChI is InChI=1S/C28H50O13/c1-3-5-7-9-11-13-20(30)37-16-19-23(33)26(36)28(40-19,17-38-21(31)14-12-10-8-6-4-2)41-27-25(35)24(34)22(32)18(15-29)39-27/h18-19,22-27,29,32-36H,3-17H2,1-2H3/t18-,19-,22-,23-,24+,25-,26+,27-,28+/m1/s1. The second kappa shape index (κ2) is 18.3. The van der Waals surface area contributed by atoms with Gasteiger partial charge in [0.15, 0.2) is 6.29 Å². The van der Waals surface area contributed by atoms with Crippen molar-refractivity contribution in [3.63, 3.8) is 0 Å². The Hall–Kier alpha value is -1.42. The third kappa shape index (κ3) is 10.7. The molecule has 0 amide bonds. The Balaban J connectivity index is 2.08. The van der Waals surface area contributed by atoms with Gasteiger partial charge in [-0.3, -0.25) is 9.59 Å². The van der Waals surface area contributed by atoms with Gasteiger partial charge in [-0.25, -0.2) is 0 Å². The molecule has 240 valence electrons. The summed E-state index contributed by atoms with van der Waals surface area (Å²) in [7, 11) is 0. The maximum absolute atomic E-state index is 12.4. The number of carbonyl (C=O) groups excluding carboxylic acids is 2. The average Bonchev–Trinajstić information content (AvgIpc) is 3.19. The maximum Gasteiger partial charge on any atom is 0.305 e. The van der Waals surface area contributed by atoms with Gasteiger partial charge in [0.25, 0.3) is 0 Å². The fourth-order valence-corrected chi connectivity index (χ4v) is 4.85. The van der Waals surface area contributed by atoms with Gasteiger partial charge in [0.05, 0.1) is 6.61 Å². The van der Waals surface area contributed by atoms with Crippen LogP contribution in [0.5, 0.6) is 0 Å². The zero-order chi connectivity index (χ0) is 30.4. The minimum absolute atomic E-state index is 0.0950. The third-order valence-electron chi connectivity index (χ3n) is 7.48. The molecule has 41 heavy (non-hydrogen) atoms. The molecule has 9 atom stereocenters. The highest BCUT2D eigenvalue weighted by molar-refractivity contribution is 5.69. The Morgan fingerprint density at radius 1 is 0.707 bits per heavy atom. The number of esters is 2. The van der Waals surface area contributed by atoms with Crippen LogP contribution in [0.4, 0.5) is 0 Å². The molecule has 13 heteroatoms. The molecule has 13 nitrogen and oxygen atoms in total. The molecule has 0 aromatic rings. The van der Waals surface area contributed by atoms with Crippen LogP contribution in [-0.4, -0.2) is 117 Å². The minimum Gasteiger partial charge on any atom is -0.463 e. The van der Waals surface area contributed by atoms with Crippen LogP contribution in [0.25, 0.3) is 0 Å². The Kier molecular flexibility index (Phi) is 16.0. The van der Waals surface area contributed by atoms with E-state index >= 15 is 0 Å². The number of ether oxygens (including phenoxy) is 5. The number of unbranched alkanes of at least 4 members (excludes halogenated alkanes) is 8. The second-order valence-electron chi connectivity index (χ2n) is 10.9. The molecule has 0 bridgehead atoms. The summed E-state index contributed by atoms with van der Waals surface area (Å²) in [6, 6.07) is 0. The Bertz CT molecular complexity index is 765. The Morgan fingerprint density at radius 2 is 1.27 bits per heavy atom. The molecule has 0 saturated carbocycles. The molecule has 2 heterocycles. The average molecular weight is 595 g/mol. The van der Waals surface area contributed by atoms with Gasteiger partial charge in [0.2, 0.25) is 5.79 Å². The third-order valence-corrected chi connectivity index (χ3v) is 7.48. The molecule has 0 aromatic heterocycles. The number of rotatable bonds is 19. The smallest absolute Gasteiger partial charge is 0.305 e. The lowest BCUT2D eigenvalue weighted by atomic mass is 9.99. The summed E-state index contributed by atoms with van der Waals surface area (Å²) in [5.41, 5.74) is 0. The molecule has 0 aliphatic carbocycles. The first-order chi connectivity index (χ1) is 19.6. The fourth-order valence-electron chi connectivity index (χ4n) is 4.85. The highest BCUT2D eigenvalue weighted by Crippen LogP contribution is 2.37. The van der Waals surface area contributed by atoms with Gasteiger partial charge in [0, 0.05) is 12.8 Å². The number of aliphatic hydroxyl groups is 6. The predicted octanol–water partition coefficient (Wildman–Crippen LogP) is 0.427. The van der Waals surface area contributed by atoms with E-state index in [0.29, 0.717) is 12.8 Å². The summed E-state index contributed by atoms with van der Waals surface area (Å²) in [4.78, 5) is 24.7. The van der Waals surface area contributed by atoms with E-state index in [0.717, 1.165) is 51.4 Å². The number of hydrogen-bond acceptors (Lipinski definition) is 13. The number of carbonyl (C=O) groups is 2. The largest absolute Gasteiger partial charge is 0.463 e. The molecular weight excluding hydrogens is 544 g/mol. The first-order valence-electron chi connectivity index (χ1n) is 14.9. The van der Waals surface area contributed by atoms with Crippen LogP contribution in [0.3, 0.4) is 0 Å². The molecule has 2 saturated heterocycles. The Morgan fingerprint density at radius 3 is 1.83 bits per heavy atom. The molecule has 2 fully saturated rings. The van der Waals surface area contributed by atoms with Crippen molar-refractivity contribution in [3.05, 3.63) is 0 Å². The van der Waals surface area contributed by atoms with Crippen LogP contribution < -0.4 is 0 Å². The van der Waals surface area contributed by atoms with E-state index in [1.807, 2.05) is 0 Å². The first kappa shape index (κ1) is 35.8. The van der Waals surface area contributed by atoms with Gasteiger partial charge in [-0.1, -0.05) is 65.2 Å². The van der Waals surface area contributed by atoms with Crippen molar-refractivity contribution in [2.75, 3.05) is 19.8 Å². The van der Waals surface area contributed by atoms with Gasteiger partial charge >= 0.3 is 11.9 Å². The first-order valence-corrected chi connectivity index (χ1v) is 14.9. The maximum atomic E-state index is 12.4. The monoisotopic (exact) mass is 594 g/mol. The normalized spacial score (nSPS) is 33.6. The fraction of sp³-hybridized carbons (Fsp3) is 0.929. The minimum atomic E-state index is -2.29. The van der Waals surface area contributed by atoms with Crippen LogP contribution in [0.15, 0.2) is 0 Å². The molecule has 6 N–H and O–H groups in total. The quantitative estimate of drug-likeness (QED) is 0.0888.